The van der Waals surface area contributed by atoms with E-state index in [0.717, 1.165) is 17.7 Å². The van der Waals surface area contributed by atoms with Gasteiger partial charge in [0.15, 0.2) is 10.8 Å². The highest BCUT2D eigenvalue weighted by molar-refractivity contribution is 7.14. The van der Waals surface area contributed by atoms with Gasteiger partial charge in [-0.15, -0.1) is 11.3 Å². The number of nitrogens with one attached hydrogen (secondary N) is 1. The number of amides is 1. The first-order chi connectivity index (χ1) is 13.7. The average molecular weight is 391 g/mol. The van der Waals surface area contributed by atoms with E-state index < -0.39 is 5.91 Å². The first kappa shape index (κ1) is 18.0. The van der Waals surface area contributed by atoms with Gasteiger partial charge >= 0.3 is 0 Å². The zero-order valence-corrected chi connectivity index (χ0v) is 15.9. The first-order valence-electron chi connectivity index (χ1n) is 8.84. The van der Waals surface area contributed by atoms with Crippen LogP contribution in [0.25, 0.3) is 22.0 Å². The van der Waals surface area contributed by atoms with Crippen molar-refractivity contribution in [2.75, 3.05) is 5.32 Å². The molecule has 4 rings (SSSR count). The molecule has 3 aromatic heterocycles. The highest BCUT2D eigenvalue weighted by atomic mass is 32.1. The van der Waals surface area contributed by atoms with Crippen molar-refractivity contribution in [3.05, 3.63) is 70.2 Å². The number of hydrogen-bond acceptors (Lipinski definition) is 6. The van der Waals surface area contributed by atoms with Crippen LogP contribution in [0.3, 0.4) is 0 Å². The Morgan fingerprint density at radius 1 is 1.14 bits per heavy atom. The Kier molecular flexibility index (Phi) is 4.94. The summed E-state index contributed by atoms with van der Waals surface area (Å²) in [6, 6.07) is 10.7. The van der Waals surface area contributed by atoms with Gasteiger partial charge in [-0.25, -0.2) is 9.67 Å². The predicted molar refractivity (Wildman–Crippen MR) is 110 cm³/mol. The third kappa shape index (κ3) is 3.41. The van der Waals surface area contributed by atoms with Crippen LogP contribution in [0, 0.1) is 0 Å². The van der Waals surface area contributed by atoms with Crippen molar-refractivity contribution in [3.63, 3.8) is 0 Å². The molecule has 0 aliphatic carbocycles. The molecule has 1 N–H and O–H groups in total. The van der Waals surface area contributed by atoms with Crippen LogP contribution in [0.1, 0.15) is 23.8 Å². The van der Waals surface area contributed by atoms with Gasteiger partial charge in [0, 0.05) is 35.3 Å². The number of hydrogen-bond donors (Lipinski definition) is 1. The van der Waals surface area contributed by atoms with Gasteiger partial charge in [-0.1, -0.05) is 25.1 Å². The lowest BCUT2D eigenvalue weighted by Gasteiger charge is -2.09. The minimum absolute atomic E-state index is 0.191. The number of pyridine rings is 1. The second-order valence-electron chi connectivity index (χ2n) is 6.15. The molecule has 1 amide bonds. The molecule has 0 atom stereocenters. The number of benzene rings is 1. The van der Waals surface area contributed by atoms with Crippen molar-refractivity contribution in [2.24, 2.45) is 0 Å². The number of carbonyl (C=O) groups excluding carboxylic acids is 1. The maximum absolute atomic E-state index is 12.9. The largest absolute Gasteiger partial charge is 0.296 e. The molecule has 0 unspecified atom stereocenters. The zero-order chi connectivity index (χ0) is 19.5. The van der Waals surface area contributed by atoms with Crippen LogP contribution < -0.4 is 10.9 Å². The minimum atomic E-state index is -0.392. The molecule has 1 aromatic carbocycles. The summed E-state index contributed by atoms with van der Waals surface area (Å²) in [7, 11) is 0. The fraction of sp³-hybridized carbons (Fsp3) is 0.150. The Morgan fingerprint density at radius 3 is 2.64 bits per heavy atom. The Morgan fingerprint density at radius 2 is 1.89 bits per heavy atom. The lowest BCUT2D eigenvalue weighted by atomic mass is 10.1. The fourth-order valence-corrected chi connectivity index (χ4v) is 3.62. The molecular weight excluding hydrogens is 374 g/mol. The van der Waals surface area contributed by atoms with E-state index in [1.54, 1.807) is 36.7 Å². The summed E-state index contributed by atoms with van der Waals surface area (Å²) in [6.45, 7) is 2.41. The summed E-state index contributed by atoms with van der Waals surface area (Å²) in [5.41, 5.74) is 1.70. The van der Waals surface area contributed by atoms with E-state index in [1.165, 1.54) is 16.0 Å². The molecule has 0 saturated heterocycles. The van der Waals surface area contributed by atoms with Crippen LogP contribution in [-0.4, -0.2) is 25.7 Å². The van der Waals surface area contributed by atoms with E-state index in [1.807, 2.05) is 24.4 Å². The lowest BCUT2D eigenvalue weighted by molar-refractivity contribution is 0.102. The lowest BCUT2D eigenvalue weighted by Crippen LogP contribution is -2.27. The molecule has 8 heteroatoms. The number of aryl methyl sites for hydroxylation is 1. The summed E-state index contributed by atoms with van der Waals surface area (Å²) >= 11 is 1.33. The van der Waals surface area contributed by atoms with Crippen LogP contribution >= 0.6 is 11.3 Å². The van der Waals surface area contributed by atoms with Crippen molar-refractivity contribution in [1.29, 1.82) is 0 Å². The average Bonchev–Trinajstić information content (AvgIpc) is 3.19. The molecule has 3 heterocycles. The van der Waals surface area contributed by atoms with Gasteiger partial charge in [0.2, 0.25) is 0 Å². The Balaban J connectivity index is 1.69. The van der Waals surface area contributed by atoms with Gasteiger partial charge in [0.25, 0.3) is 11.5 Å². The summed E-state index contributed by atoms with van der Waals surface area (Å²) in [5.74, 6) is -0.392. The second kappa shape index (κ2) is 7.69. The summed E-state index contributed by atoms with van der Waals surface area (Å²) < 4.78 is 1.35. The molecule has 0 radical (unpaired) electrons. The molecular formula is C20H17N5O2S. The number of fused-ring (bicyclic) bond motifs is 1. The molecule has 0 spiro atoms. The monoisotopic (exact) mass is 391 g/mol. The van der Waals surface area contributed by atoms with Crippen LogP contribution in [0.4, 0.5) is 5.13 Å². The summed E-state index contributed by atoms with van der Waals surface area (Å²) in [5, 5.41) is 10.5. The number of anilines is 1. The highest BCUT2D eigenvalue weighted by Gasteiger charge is 2.18. The molecule has 7 nitrogen and oxygen atoms in total. The van der Waals surface area contributed by atoms with Gasteiger partial charge in [-0.05, 0) is 24.6 Å². The third-order valence-corrected chi connectivity index (χ3v) is 4.98. The zero-order valence-electron chi connectivity index (χ0n) is 15.1. The number of thiazole rings is 1. The van der Waals surface area contributed by atoms with Gasteiger partial charge in [-0.3, -0.25) is 19.9 Å². The molecule has 0 aliphatic rings. The van der Waals surface area contributed by atoms with E-state index in [-0.39, 0.29) is 11.3 Å². The normalized spacial score (nSPS) is 10.9. The van der Waals surface area contributed by atoms with Crippen molar-refractivity contribution in [2.45, 2.75) is 19.9 Å². The second-order valence-corrected chi connectivity index (χ2v) is 7.01. The van der Waals surface area contributed by atoms with E-state index >= 15 is 0 Å². The first-order valence-corrected chi connectivity index (χ1v) is 9.72. The van der Waals surface area contributed by atoms with Crippen molar-refractivity contribution >= 4 is 33.1 Å². The molecule has 140 valence electrons. The number of rotatable bonds is 5. The molecule has 0 aliphatic heterocycles. The maximum Gasteiger partial charge on any atom is 0.278 e. The number of nitrogens with zero attached hydrogens (tertiary/aromatic N) is 4. The Bertz CT molecular complexity index is 1200. The van der Waals surface area contributed by atoms with E-state index in [4.69, 9.17) is 0 Å². The highest BCUT2D eigenvalue weighted by Crippen LogP contribution is 2.25. The van der Waals surface area contributed by atoms with Crippen LogP contribution in [0.2, 0.25) is 0 Å². The van der Waals surface area contributed by atoms with Crippen molar-refractivity contribution in [3.8, 4) is 11.3 Å². The molecule has 4 aromatic rings. The molecule has 28 heavy (non-hydrogen) atoms. The maximum atomic E-state index is 12.9. The molecule has 0 saturated carbocycles. The van der Waals surface area contributed by atoms with Crippen LogP contribution in [-0.2, 0) is 6.54 Å². The smallest absolute Gasteiger partial charge is 0.278 e. The molecule has 0 fully saturated rings. The molecule has 0 bridgehead atoms. The van der Waals surface area contributed by atoms with Gasteiger partial charge in [0.1, 0.15) is 0 Å². The quantitative estimate of drug-likeness (QED) is 0.562. The van der Waals surface area contributed by atoms with Crippen LogP contribution in [0.5, 0.6) is 0 Å². The topological polar surface area (TPSA) is 89.8 Å². The third-order valence-electron chi connectivity index (χ3n) is 4.22. The van der Waals surface area contributed by atoms with Gasteiger partial charge in [0.05, 0.1) is 11.1 Å². The van der Waals surface area contributed by atoms with Crippen LogP contribution in [0.15, 0.2) is 59.0 Å². The van der Waals surface area contributed by atoms with E-state index in [9.17, 15) is 9.59 Å². The Hall–Kier alpha value is -3.39. The predicted octanol–water partition coefficient (Wildman–Crippen LogP) is 3.58. The van der Waals surface area contributed by atoms with Gasteiger partial charge in [-0.2, -0.15) is 5.10 Å². The Labute approximate surface area is 164 Å². The SMILES string of the molecule is CCCn1nc(C(=O)Nc2nc(-c3ccncc3)cs2)c2ccccc2c1=O. The minimum Gasteiger partial charge on any atom is -0.296 e. The fourth-order valence-electron chi connectivity index (χ4n) is 2.91. The van der Waals surface area contributed by atoms with Crippen molar-refractivity contribution < 1.29 is 4.79 Å². The van der Waals surface area contributed by atoms with Crippen molar-refractivity contribution in [1.82, 2.24) is 19.7 Å². The van der Waals surface area contributed by atoms with E-state index in [0.29, 0.717) is 22.4 Å². The standard InChI is InChI=1S/C20H17N5O2S/c1-2-11-25-19(27)15-6-4-3-5-14(15)17(24-25)18(26)23-20-22-16(12-28-20)13-7-9-21-10-8-13/h3-10,12H,2,11H2,1H3,(H,22,23,26). The van der Waals surface area contributed by atoms with E-state index in [2.05, 4.69) is 20.4 Å². The number of carbonyl (C=O) groups is 1. The summed E-state index contributed by atoms with van der Waals surface area (Å²) in [6.07, 6.45) is 4.13. The summed E-state index contributed by atoms with van der Waals surface area (Å²) in [4.78, 5) is 33.9. The van der Waals surface area contributed by atoms with Gasteiger partial charge < -0.3 is 0 Å². The number of aromatic nitrogens is 4.